The van der Waals surface area contributed by atoms with Crippen LogP contribution in [-0.4, -0.2) is 16.8 Å². The van der Waals surface area contributed by atoms with Crippen molar-refractivity contribution < 1.29 is 14.0 Å². The molecule has 0 spiro atoms. The average molecular weight is 315 g/mol. The number of primary amides is 1. The van der Waals surface area contributed by atoms with Crippen molar-refractivity contribution >= 4 is 17.6 Å². The van der Waals surface area contributed by atoms with E-state index < -0.39 is 11.7 Å². The molecule has 0 aliphatic heterocycles. The van der Waals surface area contributed by atoms with Crippen molar-refractivity contribution in [1.82, 2.24) is 10.3 Å². The predicted molar refractivity (Wildman–Crippen MR) is 83.4 cm³/mol. The SMILES string of the molecule is NC(=O)c1cc(F)ccc1C[CH]C(=O)NCc1ccc(N)nc1. The number of hydrogen-bond donors (Lipinski definition) is 3. The van der Waals surface area contributed by atoms with E-state index >= 15 is 0 Å². The smallest absolute Gasteiger partial charge is 0.249 e. The number of pyridine rings is 1. The van der Waals surface area contributed by atoms with Crippen LogP contribution in [-0.2, 0) is 17.8 Å². The predicted octanol–water partition coefficient (Wildman–Crippen LogP) is 0.965. The highest BCUT2D eigenvalue weighted by molar-refractivity contribution is 5.95. The largest absolute Gasteiger partial charge is 0.384 e. The summed E-state index contributed by atoms with van der Waals surface area (Å²) in [6.45, 7) is 0.300. The molecule has 0 aliphatic carbocycles. The molecular formula is C16H16FN4O2. The van der Waals surface area contributed by atoms with Crippen molar-refractivity contribution in [2.75, 3.05) is 5.73 Å². The Balaban J connectivity index is 1.89. The first-order valence-electron chi connectivity index (χ1n) is 6.85. The van der Waals surface area contributed by atoms with E-state index in [0.717, 1.165) is 11.6 Å². The number of nitrogens with zero attached hydrogens (tertiary/aromatic N) is 1. The lowest BCUT2D eigenvalue weighted by molar-refractivity contribution is -0.118. The summed E-state index contributed by atoms with van der Waals surface area (Å²) in [7, 11) is 0. The average Bonchev–Trinajstić information content (AvgIpc) is 2.53. The minimum atomic E-state index is -0.735. The van der Waals surface area contributed by atoms with Gasteiger partial charge in [-0.15, -0.1) is 0 Å². The van der Waals surface area contributed by atoms with E-state index in [9.17, 15) is 14.0 Å². The van der Waals surface area contributed by atoms with Crippen LogP contribution < -0.4 is 16.8 Å². The van der Waals surface area contributed by atoms with Gasteiger partial charge >= 0.3 is 0 Å². The Labute approximate surface area is 132 Å². The maximum Gasteiger partial charge on any atom is 0.249 e. The number of aromatic nitrogens is 1. The van der Waals surface area contributed by atoms with Gasteiger partial charge in [0.15, 0.2) is 0 Å². The summed E-state index contributed by atoms with van der Waals surface area (Å²) in [5, 5.41) is 2.68. The molecular weight excluding hydrogens is 299 g/mol. The van der Waals surface area contributed by atoms with Gasteiger partial charge in [-0.2, -0.15) is 0 Å². The number of rotatable bonds is 6. The summed E-state index contributed by atoms with van der Waals surface area (Å²) in [4.78, 5) is 27.0. The lowest BCUT2D eigenvalue weighted by atomic mass is 10.0. The summed E-state index contributed by atoms with van der Waals surface area (Å²) in [6.07, 6.45) is 3.11. The van der Waals surface area contributed by atoms with E-state index in [-0.39, 0.29) is 17.9 Å². The van der Waals surface area contributed by atoms with E-state index in [1.54, 1.807) is 18.3 Å². The van der Waals surface area contributed by atoms with Gasteiger partial charge in [-0.05, 0) is 35.7 Å². The van der Waals surface area contributed by atoms with Crippen LogP contribution in [0.4, 0.5) is 10.2 Å². The molecule has 0 saturated carbocycles. The van der Waals surface area contributed by atoms with Gasteiger partial charge in [0.1, 0.15) is 11.6 Å². The Morgan fingerprint density at radius 1 is 1.26 bits per heavy atom. The van der Waals surface area contributed by atoms with Crippen molar-refractivity contribution in [3.05, 3.63) is 65.5 Å². The van der Waals surface area contributed by atoms with Crippen molar-refractivity contribution in [2.45, 2.75) is 13.0 Å². The van der Waals surface area contributed by atoms with Gasteiger partial charge in [-0.1, -0.05) is 12.1 Å². The molecule has 0 unspecified atom stereocenters. The molecule has 1 aromatic carbocycles. The molecule has 1 heterocycles. The third-order valence-corrected chi connectivity index (χ3v) is 3.16. The van der Waals surface area contributed by atoms with Gasteiger partial charge in [0, 0.05) is 18.3 Å². The first kappa shape index (κ1) is 16.4. The highest BCUT2D eigenvalue weighted by Crippen LogP contribution is 2.13. The lowest BCUT2D eigenvalue weighted by Crippen LogP contribution is -2.24. The third kappa shape index (κ3) is 4.77. The summed E-state index contributed by atoms with van der Waals surface area (Å²) < 4.78 is 13.1. The molecule has 5 N–H and O–H groups in total. The van der Waals surface area contributed by atoms with E-state index in [2.05, 4.69) is 10.3 Å². The highest BCUT2D eigenvalue weighted by Gasteiger charge is 2.11. The molecule has 119 valence electrons. The van der Waals surface area contributed by atoms with E-state index in [4.69, 9.17) is 11.5 Å². The monoisotopic (exact) mass is 315 g/mol. The zero-order valence-corrected chi connectivity index (χ0v) is 12.3. The molecule has 0 fully saturated rings. The standard InChI is InChI=1S/C16H16FN4O2/c17-12-4-2-11(13(7-12)16(19)23)3-6-15(22)21-9-10-1-5-14(18)20-8-10/h1-2,4-8H,3,9H2,(H2,18,20)(H2,19,23)(H,21,22). The molecule has 1 radical (unpaired) electrons. The molecule has 2 aromatic rings. The van der Waals surface area contributed by atoms with Crippen molar-refractivity contribution in [3.8, 4) is 0 Å². The zero-order chi connectivity index (χ0) is 16.8. The molecule has 6 nitrogen and oxygen atoms in total. The number of carbonyl (C=O) groups excluding carboxylic acids is 2. The van der Waals surface area contributed by atoms with E-state index in [1.807, 2.05) is 0 Å². The van der Waals surface area contributed by atoms with Crippen molar-refractivity contribution in [1.29, 1.82) is 0 Å². The number of hydrogen-bond acceptors (Lipinski definition) is 4. The first-order chi connectivity index (χ1) is 11.0. The highest BCUT2D eigenvalue weighted by atomic mass is 19.1. The second-order valence-electron chi connectivity index (χ2n) is 4.88. The number of halogens is 1. The Kier molecular flexibility index (Phi) is 5.24. The maximum atomic E-state index is 13.1. The number of nitrogens with one attached hydrogen (secondary N) is 1. The normalized spacial score (nSPS) is 10.3. The van der Waals surface area contributed by atoms with Gasteiger partial charge < -0.3 is 16.8 Å². The number of anilines is 1. The number of nitrogens with two attached hydrogens (primary N) is 2. The second kappa shape index (κ2) is 7.35. The minimum absolute atomic E-state index is 0.0665. The Morgan fingerprint density at radius 2 is 2.04 bits per heavy atom. The van der Waals surface area contributed by atoms with Crippen LogP contribution in [0.3, 0.4) is 0 Å². The van der Waals surface area contributed by atoms with Crippen LogP contribution in [0, 0.1) is 12.2 Å². The number of amides is 2. The summed E-state index contributed by atoms with van der Waals surface area (Å²) in [5.74, 6) is -1.20. The summed E-state index contributed by atoms with van der Waals surface area (Å²) in [6, 6.07) is 7.11. The van der Waals surface area contributed by atoms with E-state index in [1.165, 1.54) is 18.6 Å². The van der Waals surface area contributed by atoms with Crippen LogP contribution in [0.15, 0.2) is 36.5 Å². The Hall–Kier alpha value is -2.96. The molecule has 7 heteroatoms. The first-order valence-corrected chi connectivity index (χ1v) is 6.85. The third-order valence-electron chi connectivity index (χ3n) is 3.16. The fourth-order valence-electron chi connectivity index (χ4n) is 1.96. The van der Waals surface area contributed by atoms with Gasteiger partial charge in [0.05, 0.1) is 6.42 Å². The number of nitrogen functional groups attached to an aromatic ring is 1. The van der Waals surface area contributed by atoms with Crippen LogP contribution in [0.25, 0.3) is 0 Å². The maximum absolute atomic E-state index is 13.1. The Morgan fingerprint density at radius 3 is 2.70 bits per heavy atom. The molecule has 2 amide bonds. The van der Waals surface area contributed by atoms with Gasteiger partial charge in [0.2, 0.25) is 11.8 Å². The molecule has 0 saturated heterocycles. The van der Waals surface area contributed by atoms with Crippen LogP contribution in [0.2, 0.25) is 0 Å². The summed E-state index contributed by atoms with van der Waals surface area (Å²) >= 11 is 0. The van der Waals surface area contributed by atoms with Crippen molar-refractivity contribution in [3.63, 3.8) is 0 Å². The zero-order valence-electron chi connectivity index (χ0n) is 12.3. The second-order valence-corrected chi connectivity index (χ2v) is 4.88. The van der Waals surface area contributed by atoms with Crippen LogP contribution in [0.1, 0.15) is 21.5 Å². The van der Waals surface area contributed by atoms with Crippen LogP contribution >= 0.6 is 0 Å². The summed E-state index contributed by atoms with van der Waals surface area (Å²) in [5.41, 5.74) is 12.0. The Bertz CT molecular complexity index is 717. The van der Waals surface area contributed by atoms with E-state index in [0.29, 0.717) is 17.9 Å². The van der Waals surface area contributed by atoms with Gasteiger partial charge in [0.25, 0.3) is 0 Å². The van der Waals surface area contributed by atoms with Crippen LogP contribution in [0.5, 0.6) is 0 Å². The molecule has 2 rings (SSSR count). The quantitative estimate of drug-likeness (QED) is 0.737. The van der Waals surface area contributed by atoms with Gasteiger partial charge in [-0.25, -0.2) is 9.37 Å². The molecule has 1 aromatic heterocycles. The van der Waals surface area contributed by atoms with Crippen molar-refractivity contribution in [2.24, 2.45) is 5.73 Å². The molecule has 0 bridgehead atoms. The molecule has 23 heavy (non-hydrogen) atoms. The minimum Gasteiger partial charge on any atom is -0.384 e. The molecule has 0 atom stereocenters. The van der Waals surface area contributed by atoms with Gasteiger partial charge in [-0.3, -0.25) is 9.59 Å². The fraction of sp³-hybridized carbons (Fsp3) is 0.125. The number of benzene rings is 1. The fourth-order valence-corrected chi connectivity index (χ4v) is 1.96. The topological polar surface area (TPSA) is 111 Å². The molecule has 0 aliphatic rings. The lowest BCUT2D eigenvalue weighted by Gasteiger charge is -2.08. The number of carbonyl (C=O) groups is 2.